The van der Waals surface area contributed by atoms with Crippen LogP contribution in [0.4, 0.5) is 0 Å². The van der Waals surface area contributed by atoms with Crippen molar-refractivity contribution in [1.82, 2.24) is 4.90 Å². The van der Waals surface area contributed by atoms with E-state index >= 15 is 0 Å². The third-order valence-electron chi connectivity index (χ3n) is 12.2. The number of ether oxygens (including phenoxy) is 2. The van der Waals surface area contributed by atoms with E-state index in [4.69, 9.17) is 9.47 Å². The molecule has 6 heteroatoms. The zero-order valence-electron chi connectivity index (χ0n) is 39.1. The van der Waals surface area contributed by atoms with Crippen molar-refractivity contribution in [2.75, 3.05) is 39.5 Å². The lowest BCUT2D eigenvalue weighted by atomic mass is 9.94. The normalized spacial score (nSPS) is 12.7. The van der Waals surface area contributed by atoms with Gasteiger partial charge in [-0.05, 0) is 63.5 Å². The van der Waals surface area contributed by atoms with E-state index in [1.807, 2.05) is 0 Å². The van der Waals surface area contributed by atoms with Crippen molar-refractivity contribution in [1.29, 1.82) is 0 Å². The van der Waals surface area contributed by atoms with E-state index in [0.717, 1.165) is 13.1 Å². The molecule has 0 radical (unpaired) electrons. The Morgan fingerprint density at radius 1 is 0.386 bits per heavy atom. The predicted molar refractivity (Wildman–Crippen MR) is 246 cm³/mol. The highest BCUT2D eigenvalue weighted by Gasteiger charge is 2.15. The molecule has 2 unspecified atom stereocenters. The molecule has 0 heterocycles. The standard InChI is InChI=1S/C51H101NO5/c1-5-9-13-17-21-23-25-29-33-39-49(37-31-27-20-16-12-8-4)47-57-51(55)41-35-43-52(44-45-53)42-34-40-50(54)56-46-48(36-30-26-19-15-11-7-3)38-32-28-24-22-18-14-10-6-2/h48-49,53H,5-47H2,1-4H3. The van der Waals surface area contributed by atoms with Crippen molar-refractivity contribution in [3.8, 4) is 0 Å². The van der Waals surface area contributed by atoms with Crippen LogP contribution >= 0.6 is 0 Å². The molecule has 0 aliphatic heterocycles. The minimum atomic E-state index is -0.0932. The van der Waals surface area contributed by atoms with Crippen molar-refractivity contribution in [2.45, 2.75) is 265 Å². The monoisotopic (exact) mass is 808 g/mol. The molecule has 0 spiro atoms. The van der Waals surface area contributed by atoms with Crippen molar-refractivity contribution < 1.29 is 24.2 Å². The second-order valence-corrected chi connectivity index (χ2v) is 17.9. The minimum absolute atomic E-state index is 0.0761. The van der Waals surface area contributed by atoms with Crippen LogP contribution in [0.3, 0.4) is 0 Å². The number of aliphatic hydroxyl groups excluding tert-OH is 1. The smallest absolute Gasteiger partial charge is 0.305 e. The molecule has 0 saturated heterocycles. The fourth-order valence-electron chi connectivity index (χ4n) is 8.30. The summed E-state index contributed by atoms with van der Waals surface area (Å²) in [6, 6.07) is 0. The first-order valence-corrected chi connectivity index (χ1v) is 25.6. The fraction of sp³-hybridized carbons (Fsp3) is 0.961. The molecule has 0 bridgehead atoms. The quantitative estimate of drug-likeness (QED) is 0.0487. The molecule has 57 heavy (non-hydrogen) atoms. The Morgan fingerprint density at radius 2 is 0.649 bits per heavy atom. The lowest BCUT2D eigenvalue weighted by Gasteiger charge is -2.21. The van der Waals surface area contributed by atoms with E-state index in [0.29, 0.717) is 57.3 Å². The van der Waals surface area contributed by atoms with Gasteiger partial charge in [-0.25, -0.2) is 0 Å². The largest absolute Gasteiger partial charge is 0.465 e. The maximum atomic E-state index is 12.8. The van der Waals surface area contributed by atoms with Crippen molar-refractivity contribution >= 4 is 11.9 Å². The van der Waals surface area contributed by atoms with Crippen LogP contribution in [0, 0.1) is 11.8 Å². The Kier molecular flexibility index (Phi) is 45.0. The Bertz CT molecular complexity index is 821. The number of carbonyl (C=O) groups is 2. The summed E-state index contributed by atoms with van der Waals surface area (Å²) in [5, 5.41) is 9.70. The lowest BCUT2D eigenvalue weighted by Crippen LogP contribution is -2.30. The molecule has 0 aromatic carbocycles. The molecule has 340 valence electrons. The van der Waals surface area contributed by atoms with E-state index in [1.54, 1.807) is 0 Å². The van der Waals surface area contributed by atoms with Gasteiger partial charge in [-0.2, -0.15) is 0 Å². The summed E-state index contributed by atoms with van der Waals surface area (Å²) in [6.45, 7) is 12.3. The highest BCUT2D eigenvalue weighted by molar-refractivity contribution is 5.69. The third-order valence-corrected chi connectivity index (χ3v) is 12.2. The van der Waals surface area contributed by atoms with E-state index in [-0.39, 0.29) is 18.5 Å². The summed E-state index contributed by atoms with van der Waals surface area (Å²) < 4.78 is 11.7. The summed E-state index contributed by atoms with van der Waals surface area (Å²) in [4.78, 5) is 27.8. The number of hydrogen-bond donors (Lipinski definition) is 1. The molecule has 0 aliphatic rings. The molecule has 0 aromatic heterocycles. The van der Waals surface area contributed by atoms with E-state index in [1.165, 1.54) is 212 Å². The van der Waals surface area contributed by atoms with Gasteiger partial charge in [0.15, 0.2) is 0 Å². The van der Waals surface area contributed by atoms with Gasteiger partial charge in [0, 0.05) is 19.4 Å². The lowest BCUT2D eigenvalue weighted by molar-refractivity contribution is -0.146. The number of hydrogen-bond acceptors (Lipinski definition) is 6. The predicted octanol–water partition coefficient (Wildman–Crippen LogP) is 15.1. The van der Waals surface area contributed by atoms with Gasteiger partial charge < -0.3 is 19.5 Å². The summed E-state index contributed by atoms with van der Waals surface area (Å²) in [5.74, 6) is 0.771. The molecular formula is C51H101NO5. The Labute approximate surface area is 356 Å². The van der Waals surface area contributed by atoms with Gasteiger partial charge in [-0.1, -0.05) is 214 Å². The molecule has 1 N–H and O–H groups in total. The number of unbranched alkanes of at least 4 members (excludes halogenated alkanes) is 25. The van der Waals surface area contributed by atoms with Gasteiger partial charge in [0.2, 0.25) is 0 Å². The zero-order valence-corrected chi connectivity index (χ0v) is 39.1. The molecule has 0 saturated carbocycles. The van der Waals surface area contributed by atoms with Crippen LogP contribution in [-0.2, 0) is 19.1 Å². The zero-order chi connectivity index (χ0) is 41.7. The number of carbonyl (C=O) groups excluding carboxylic acids is 2. The van der Waals surface area contributed by atoms with Crippen molar-refractivity contribution in [3.63, 3.8) is 0 Å². The van der Waals surface area contributed by atoms with Gasteiger partial charge in [-0.15, -0.1) is 0 Å². The average molecular weight is 808 g/mol. The second kappa shape index (κ2) is 45.9. The first-order valence-electron chi connectivity index (χ1n) is 25.6. The topological polar surface area (TPSA) is 76.1 Å². The maximum Gasteiger partial charge on any atom is 0.305 e. The molecule has 0 rings (SSSR count). The highest BCUT2D eigenvalue weighted by Crippen LogP contribution is 2.22. The SMILES string of the molecule is CCCCCCCCCCCC(CCCCCCCC)COC(=O)CCCN(CCO)CCCC(=O)OCC(CCCCCCCC)CCCCCCCCCC. The summed E-state index contributed by atoms with van der Waals surface area (Å²) in [7, 11) is 0. The van der Waals surface area contributed by atoms with Crippen LogP contribution in [-0.4, -0.2) is 61.4 Å². The number of esters is 2. The first-order chi connectivity index (χ1) is 28.0. The van der Waals surface area contributed by atoms with Crippen LogP contribution in [0.25, 0.3) is 0 Å². The summed E-state index contributed by atoms with van der Waals surface area (Å²) in [5.41, 5.74) is 0. The number of nitrogens with zero attached hydrogens (tertiary/aromatic N) is 1. The molecule has 0 aliphatic carbocycles. The van der Waals surface area contributed by atoms with E-state index in [9.17, 15) is 14.7 Å². The van der Waals surface area contributed by atoms with Crippen LogP contribution in [0.5, 0.6) is 0 Å². The second-order valence-electron chi connectivity index (χ2n) is 17.9. The number of rotatable bonds is 47. The van der Waals surface area contributed by atoms with Crippen LogP contribution in [0.1, 0.15) is 265 Å². The van der Waals surface area contributed by atoms with Gasteiger partial charge >= 0.3 is 11.9 Å². The molecule has 6 nitrogen and oxygen atoms in total. The molecule has 2 atom stereocenters. The van der Waals surface area contributed by atoms with Crippen molar-refractivity contribution in [3.05, 3.63) is 0 Å². The Hall–Kier alpha value is -1.14. The molecular weight excluding hydrogens is 707 g/mol. The first kappa shape index (κ1) is 55.9. The fourth-order valence-corrected chi connectivity index (χ4v) is 8.30. The van der Waals surface area contributed by atoms with E-state index < -0.39 is 0 Å². The van der Waals surface area contributed by atoms with Crippen LogP contribution in [0.2, 0.25) is 0 Å². The molecule has 0 amide bonds. The van der Waals surface area contributed by atoms with Gasteiger partial charge in [0.05, 0.1) is 19.8 Å². The molecule has 0 fully saturated rings. The highest BCUT2D eigenvalue weighted by atomic mass is 16.5. The summed E-state index contributed by atoms with van der Waals surface area (Å²) in [6.07, 6.45) is 45.2. The van der Waals surface area contributed by atoms with Crippen LogP contribution in [0.15, 0.2) is 0 Å². The van der Waals surface area contributed by atoms with Crippen LogP contribution < -0.4 is 0 Å². The summed E-state index contributed by atoms with van der Waals surface area (Å²) >= 11 is 0. The van der Waals surface area contributed by atoms with Gasteiger partial charge in [0.1, 0.15) is 0 Å². The molecule has 0 aromatic rings. The van der Waals surface area contributed by atoms with E-state index in [2.05, 4.69) is 32.6 Å². The minimum Gasteiger partial charge on any atom is -0.465 e. The van der Waals surface area contributed by atoms with Crippen molar-refractivity contribution in [2.24, 2.45) is 11.8 Å². The van der Waals surface area contributed by atoms with Gasteiger partial charge in [0.25, 0.3) is 0 Å². The maximum absolute atomic E-state index is 12.8. The van der Waals surface area contributed by atoms with Gasteiger partial charge in [-0.3, -0.25) is 9.59 Å². The number of aliphatic hydroxyl groups is 1. The average Bonchev–Trinajstić information content (AvgIpc) is 3.21. The Morgan fingerprint density at radius 3 is 0.912 bits per heavy atom. The third kappa shape index (κ3) is 41.4. The Balaban J connectivity index is 4.55.